The van der Waals surface area contributed by atoms with Crippen molar-refractivity contribution in [2.24, 2.45) is 0 Å². The Morgan fingerprint density at radius 3 is 2.52 bits per heavy atom. The molecule has 1 aromatic carbocycles. The van der Waals surface area contributed by atoms with Crippen LogP contribution in [0.4, 0.5) is 0 Å². The van der Waals surface area contributed by atoms with Crippen LogP contribution in [0.15, 0.2) is 35.1 Å². The second-order valence-corrected chi connectivity index (χ2v) is 6.87. The summed E-state index contributed by atoms with van der Waals surface area (Å²) in [6.07, 6.45) is 0.0527. The lowest BCUT2D eigenvalue weighted by Gasteiger charge is -2.35. The van der Waals surface area contributed by atoms with E-state index in [2.05, 4.69) is 4.98 Å². The van der Waals surface area contributed by atoms with E-state index in [-0.39, 0.29) is 23.7 Å². The summed E-state index contributed by atoms with van der Waals surface area (Å²) in [5.41, 5.74) is 3.67. The fraction of sp³-hybridized carbons (Fsp3) is 0.400. The minimum Gasteiger partial charge on any atom is -0.372 e. The van der Waals surface area contributed by atoms with Gasteiger partial charge in [-0.2, -0.15) is 0 Å². The first-order valence-corrected chi connectivity index (χ1v) is 8.61. The van der Waals surface area contributed by atoms with Crippen LogP contribution >= 0.6 is 0 Å². The summed E-state index contributed by atoms with van der Waals surface area (Å²) in [6, 6.07) is 9.15. The molecule has 1 aliphatic rings. The Morgan fingerprint density at radius 2 is 1.84 bits per heavy atom. The fourth-order valence-electron chi connectivity index (χ4n) is 3.29. The first kappa shape index (κ1) is 17.4. The van der Waals surface area contributed by atoms with Crippen molar-refractivity contribution in [3.8, 4) is 11.1 Å². The molecule has 1 saturated heterocycles. The summed E-state index contributed by atoms with van der Waals surface area (Å²) in [5.74, 6) is -0.0240. The van der Waals surface area contributed by atoms with Crippen LogP contribution in [0.1, 0.15) is 35.5 Å². The molecule has 25 heavy (non-hydrogen) atoms. The van der Waals surface area contributed by atoms with Gasteiger partial charge in [0.15, 0.2) is 0 Å². The molecule has 0 bridgehead atoms. The van der Waals surface area contributed by atoms with E-state index in [0.29, 0.717) is 24.2 Å². The van der Waals surface area contributed by atoms with E-state index in [1.807, 2.05) is 50.8 Å². The predicted octanol–water partition coefficient (Wildman–Crippen LogP) is 2.91. The third-order valence-corrected chi connectivity index (χ3v) is 4.63. The Morgan fingerprint density at radius 1 is 1.16 bits per heavy atom. The van der Waals surface area contributed by atoms with Crippen molar-refractivity contribution in [3.05, 3.63) is 57.5 Å². The number of amides is 1. The van der Waals surface area contributed by atoms with Gasteiger partial charge in [-0.1, -0.05) is 12.1 Å². The molecule has 2 aromatic rings. The summed E-state index contributed by atoms with van der Waals surface area (Å²) in [4.78, 5) is 29.8. The number of carbonyl (C=O) groups excluding carboxylic acids is 1. The van der Waals surface area contributed by atoms with Crippen molar-refractivity contribution >= 4 is 5.91 Å². The van der Waals surface area contributed by atoms with Crippen molar-refractivity contribution in [1.29, 1.82) is 0 Å². The smallest absolute Gasteiger partial charge is 0.256 e. The molecule has 132 valence electrons. The molecule has 1 amide bonds. The molecule has 3 rings (SSSR count). The van der Waals surface area contributed by atoms with Crippen LogP contribution < -0.4 is 5.56 Å². The number of aromatic nitrogens is 1. The quantitative estimate of drug-likeness (QED) is 0.914. The Labute approximate surface area is 147 Å². The number of pyridine rings is 1. The van der Waals surface area contributed by atoms with Gasteiger partial charge in [0.1, 0.15) is 0 Å². The molecule has 2 heterocycles. The molecule has 0 saturated carbocycles. The maximum atomic E-state index is 12.9. The number of H-pyrrole nitrogens is 1. The van der Waals surface area contributed by atoms with Gasteiger partial charge >= 0.3 is 0 Å². The van der Waals surface area contributed by atoms with Crippen LogP contribution in [0.25, 0.3) is 11.1 Å². The topological polar surface area (TPSA) is 62.4 Å². The van der Waals surface area contributed by atoms with E-state index in [4.69, 9.17) is 4.74 Å². The normalized spacial score (nSPS) is 20.6. The lowest BCUT2D eigenvalue weighted by Crippen LogP contribution is -2.48. The van der Waals surface area contributed by atoms with E-state index < -0.39 is 0 Å². The minimum absolute atomic E-state index is 0.0240. The Kier molecular flexibility index (Phi) is 4.77. The number of nitrogens with one attached hydrogen (secondary N) is 1. The zero-order valence-electron chi connectivity index (χ0n) is 15.1. The van der Waals surface area contributed by atoms with Gasteiger partial charge in [0.2, 0.25) is 0 Å². The van der Waals surface area contributed by atoms with E-state index >= 15 is 0 Å². The van der Waals surface area contributed by atoms with E-state index in [0.717, 1.165) is 16.8 Å². The molecular weight excluding hydrogens is 316 g/mol. The monoisotopic (exact) mass is 340 g/mol. The highest BCUT2D eigenvalue weighted by atomic mass is 16.5. The second kappa shape index (κ2) is 6.84. The SMILES string of the molecule is Cc1cc(-c2cccc(C(=O)N3CC(C)OC(C)C3)c2)c(=O)[nH]c1C. The summed E-state index contributed by atoms with van der Waals surface area (Å²) >= 11 is 0. The van der Waals surface area contributed by atoms with Crippen LogP contribution in [0, 0.1) is 13.8 Å². The molecule has 5 heteroatoms. The lowest BCUT2D eigenvalue weighted by atomic mass is 10.0. The number of hydrogen-bond acceptors (Lipinski definition) is 3. The van der Waals surface area contributed by atoms with E-state index in [1.165, 1.54) is 0 Å². The number of ether oxygens (including phenoxy) is 1. The molecule has 0 radical (unpaired) electrons. The van der Waals surface area contributed by atoms with Crippen molar-refractivity contribution < 1.29 is 9.53 Å². The molecule has 1 aromatic heterocycles. The highest BCUT2D eigenvalue weighted by Gasteiger charge is 2.26. The predicted molar refractivity (Wildman–Crippen MR) is 97.9 cm³/mol. The Hall–Kier alpha value is -2.40. The number of carbonyl (C=O) groups is 1. The van der Waals surface area contributed by atoms with Gasteiger partial charge in [-0.05, 0) is 57.0 Å². The van der Waals surface area contributed by atoms with Crippen molar-refractivity contribution in [2.45, 2.75) is 39.9 Å². The van der Waals surface area contributed by atoms with Crippen LogP contribution in [-0.4, -0.2) is 41.1 Å². The number of hydrogen-bond donors (Lipinski definition) is 1. The molecule has 5 nitrogen and oxygen atoms in total. The molecule has 0 spiro atoms. The molecule has 0 aliphatic carbocycles. The van der Waals surface area contributed by atoms with Crippen LogP contribution in [0.3, 0.4) is 0 Å². The molecular formula is C20H24N2O3. The molecule has 2 unspecified atom stereocenters. The van der Waals surface area contributed by atoms with E-state index in [9.17, 15) is 9.59 Å². The van der Waals surface area contributed by atoms with Crippen LogP contribution in [-0.2, 0) is 4.74 Å². The summed E-state index contributed by atoms with van der Waals surface area (Å²) in [6.45, 7) is 8.94. The van der Waals surface area contributed by atoms with Crippen LogP contribution in [0.5, 0.6) is 0 Å². The van der Waals surface area contributed by atoms with Gasteiger partial charge in [-0.3, -0.25) is 9.59 Å². The largest absolute Gasteiger partial charge is 0.372 e. The lowest BCUT2D eigenvalue weighted by molar-refractivity contribution is -0.0586. The van der Waals surface area contributed by atoms with Gasteiger partial charge in [-0.25, -0.2) is 0 Å². The highest BCUT2D eigenvalue weighted by molar-refractivity contribution is 5.95. The van der Waals surface area contributed by atoms with Gasteiger partial charge in [0.05, 0.1) is 12.2 Å². The maximum Gasteiger partial charge on any atom is 0.256 e. The number of nitrogens with zero attached hydrogens (tertiary/aromatic N) is 1. The zero-order chi connectivity index (χ0) is 18.1. The Bertz CT molecular complexity index is 846. The summed E-state index contributed by atoms with van der Waals surface area (Å²) < 4.78 is 5.70. The standard InChI is InChI=1S/C20H24N2O3/c1-12-8-18(19(23)21-15(12)4)16-6-5-7-17(9-16)20(24)22-10-13(2)25-14(3)11-22/h5-9,13-14H,10-11H2,1-4H3,(H,21,23). The zero-order valence-corrected chi connectivity index (χ0v) is 15.1. The van der Waals surface area contributed by atoms with Gasteiger partial charge in [-0.15, -0.1) is 0 Å². The fourth-order valence-corrected chi connectivity index (χ4v) is 3.29. The molecule has 1 N–H and O–H groups in total. The highest BCUT2D eigenvalue weighted by Crippen LogP contribution is 2.21. The van der Waals surface area contributed by atoms with Gasteiger partial charge in [0, 0.05) is 29.9 Å². The summed E-state index contributed by atoms with van der Waals surface area (Å²) in [5, 5.41) is 0. The third-order valence-electron chi connectivity index (χ3n) is 4.63. The molecule has 1 aliphatic heterocycles. The van der Waals surface area contributed by atoms with Gasteiger partial charge < -0.3 is 14.6 Å². The minimum atomic E-state index is -0.138. The first-order valence-electron chi connectivity index (χ1n) is 8.61. The van der Waals surface area contributed by atoms with Crippen LogP contribution in [0.2, 0.25) is 0 Å². The number of rotatable bonds is 2. The van der Waals surface area contributed by atoms with Gasteiger partial charge in [0.25, 0.3) is 11.5 Å². The van der Waals surface area contributed by atoms with E-state index in [1.54, 1.807) is 12.1 Å². The third kappa shape index (κ3) is 3.66. The van der Waals surface area contributed by atoms with Crippen molar-refractivity contribution in [3.63, 3.8) is 0 Å². The molecule has 2 atom stereocenters. The average molecular weight is 340 g/mol. The number of aryl methyl sites for hydroxylation is 2. The van der Waals surface area contributed by atoms with Crippen molar-refractivity contribution in [1.82, 2.24) is 9.88 Å². The molecule has 1 fully saturated rings. The Balaban J connectivity index is 1.93. The maximum absolute atomic E-state index is 12.9. The first-order chi connectivity index (χ1) is 11.8. The summed E-state index contributed by atoms with van der Waals surface area (Å²) in [7, 11) is 0. The number of morpholine rings is 1. The average Bonchev–Trinajstić information content (AvgIpc) is 2.56. The number of benzene rings is 1. The second-order valence-electron chi connectivity index (χ2n) is 6.87. The number of aromatic amines is 1. The van der Waals surface area contributed by atoms with Crippen molar-refractivity contribution in [2.75, 3.05) is 13.1 Å².